The minimum absolute atomic E-state index is 0.0109. The van der Waals surface area contributed by atoms with E-state index in [2.05, 4.69) is 38.5 Å². The van der Waals surface area contributed by atoms with E-state index in [0.717, 1.165) is 50.0 Å². The van der Waals surface area contributed by atoms with Crippen molar-refractivity contribution in [1.82, 2.24) is 29.6 Å². The van der Waals surface area contributed by atoms with Crippen molar-refractivity contribution in [2.75, 3.05) is 44.0 Å². The highest BCUT2D eigenvalue weighted by Gasteiger charge is 2.24. The third kappa shape index (κ3) is 6.75. The molecule has 0 spiro atoms. The lowest BCUT2D eigenvalue weighted by Crippen LogP contribution is -2.33. The third-order valence-corrected chi connectivity index (χ3v) is 7.23. The van der Waals surface area contributed by atoms with Crippen molar-refractivity contribution in [3.8, 4) is 11.8 Å². The van der Waals surface area contributed by atoms with Crippen LogP contribution in [0.5, 0.6) is 5.75 Å². The van der Waals surface area contributed by atoms with Crippen LogP contribution in [0.25, 0.3) is 11.0 Å². The van der Waals surface area contributed by atoms with Crippen LogP contribution in [0.4, 0.5) is 16.6 Å². The van der Waals surface area contributed by atoms with E-state index < -0.39 is 6.09 Å². The van der Waals surface area contributed by atoms with E-state index in [0.29, 0.717) is 53.7 Å². The number of methoxy groups -OCH3 is 1. The SMILES string of the molecule is CCC[C@@H](CCO)Nc1nc(NC(=O)O)nc2c(C)nn(Cc3cnc(C4CCN(CC#N)CC4)cc3OC)c12. The molecule has 3 aromatic rings. The average Bonchev–Trinajstić information content (AvgIpc) is 3.24. The Morgan fingerprint density at radius 1 is 1.30 bits per heavy atom. The molecule has 1 fully saturated rings. The standard InChI is InChI=1S/C27H37N9O4/c1-4-5-20(8-13-37)30-25-24-23(31-26(32-25)33-27(38)39)17(2)34-36(24)16-19-15-29-21(14-22(19)40-3)18-6-10-35(11-7-18)12-9-28/h14-15,18,20,37H,4-8,10-13,16H2,1-3H3,(H,38,39)(H2,30,31,32,33)/t20-/m0/s1. The van der Waals surface area contributed by atoms with Crippen LogP contribution >= 0.6 is 0 Å². The fourth-order valence-corrected chi connectivity index (χ4v) is 5.24. The molecule has 0 unspecified atom stereocenters. The number of anilines is 2. The number of nitrogens with one attached hydrogen (secondary N) is 2. The van der Waals surface area contributed by atoms with Gasteiger partial charge in [0.05, 0.1) is 32.0 Å². The molecule has 0 saturated carbocycles. The molecule has 0 radical (unpaired) electrons. The number of aliphatic hydroxyl groups is 1. The number of nitrogens with zero attached hydrogens (tertiary/aromatic N) is 7. The predicted molar refractivity (Wildman–Crippen MR) is 150 cm³/mol. The first-order valence-electron chi connectivity index (χ1n) is 13.6. The molecule has 0 bridgehead atoms. The van der Waals surface area contributed by atoms with Crippen molar-refractivity contribution in [2.45, 2.75) is 64.5 Å². The van der Waals surface area contributed by atoms with Crippen molar-refractivity contribution in [2.24, 2.45) is 0 Å². The number of piperidine rings is 1. The van der Waals surface area contributed by atoms with Gasteiger partial charge in [-0.2, -0.15) is 15.3 Å². The highest BCUT2D eigenvalue weighted by Crippen LogP contribution is 2.32. The Morgan fingerprint density at radius 3 is 2.73 bits per heavy atom. The maximum absolute atomic E-state index is 11.3. The number of aliphatic hydroxyl groups excluding tert-OH is 1. The number of pyridine rings is 1. The Labute approximate surface area is 233 Å². The van der Waals surface area contributed by atoms with Gasteiger partial charge in [-0.1, -0.05) is 13.3 Å². The highest BCUT2D eigenvalue weighted by atomic mass is 16.5. The summed E-state index contributed by atoms with van der Waals surface area (Å²) in [5.74, 6) is 1.40. The minimum Gasteiger partial charge on any atom is -0.496 e. The Hall–Kier alpha value is -4.02. The zero-order chi connectivity index (χ0) is 28.6. The summed E-state index contributed by atoms with van der Waals surface area (Å²) >= 11 is 0. The number of fused-ring (bicyclic) bond motifs is 1. The Balaban J connectivity index is 1.67. The van der Waals surface area contributed by atoms with Crippen LogP contribution in [0.15, 0.2) is 12.3 Å². The van der Waals surface area contributed by atoms with Gasteiger partial charge < -0.3 is 20.3 Å². The number of carbonyl (C=O) groups is 1. The second kappa shape index (κ2) is 13.4. The van der Waals surface area contributed by atoms with E-state index >= 15 is 0 Å². The maximum Gasteiger partial charge on any atom is 0.411 e. The number of hydrogen-bond donors (Lipinski definition) is 4. The van der Waals surface area contributed by atoms with Gasteiger partial charge in [-0.15, -0.1) is 0 Å². The molecule has 4 heterocycles. The molecular formula is C27H37N9O4. The van der Waals surface area contributed by atoms with Gasteiger partial charge >= 0.3 is 6.09 Å². The predicted octanol–water partition coefficient (Wildman–Crippen LogP) is 3.34. The van der Waals surface area contributed by atoms with Crippen molar-refractivity contribution in [3.63, 3.8) is 0 Å². The third-order valence-electron chi connectivity index (χ3n) is 7.23. The van der Waals surface area contributed by atoms with Gasteiger partial charge in [0.1, 0.15) is 16.8 Å². The maximum atomic E-state index is 11.3. The first-order chi connectivity index (χ1) is 19.4. The summed E-state index contributed by atoms with van der Waals surface area (Å²) in [7, 11) is 1.63. The molecule has 1 saturated heterocycles. The van der Waals surface area contributed by atoms with E-state index in [1.54, 1.807) is 11.8 Å². The summed E-state index contributed by atoms with van der Waals surface area (Å²) in [6.07, 6.45) is 4.65. The fraction of sp³-hybridized carbons (Fsp3) is 0.556. The number of nitriles is 1. The van der Waals surface area contributed by atoms with E-state index in [9.17, 15) is 15.0 Å². The number of amides is 1. The number of likely N-dealkylation sites (tertiary alicyclic amines) is 1. The monoisotopic (exact) mass is 551 g/mol. The first kappa shape index (κ1) is 29.0. The van der Waals surface area contributed by atoms with Gasteiger partial charge in [-0.05, 0) is 45.7 Å². The second-order valence-electron chi connectivity index (χ2n) is 10.0. The lowest BCUT2D eigenvalue weighted by Gasteiger charge is -2.30. The summed E-state index contributed by atoms with van der Waals surface area (Å²) < 4.78 is 7.54. The molecule has 1 aliphatic rings. The van der Waals surface area contributed by atoms with Gasteiger partial charge in [-0.25, -0.2) is 9.78 Å². The number of ether oxygens (including phenoxy) is 1. The number of aromatic nitrogens is 5. The molecule has 3 aromatic heterocycles. The second-order valence-corrected chi connectivity index (χ2v) is 10.0. The number of aryl methyl sites for hydroxylation is 1. The minimum atomic E-state index is -1.26. The molecular weight excluding hydrogens is 514 g/mol. The van der Waals surface area contributed by atoms with Crippen LogP contribution < -0.4 is 15.4 Å². The molecule has 1 amide bonds. The van der Waals surface area contributed by atoms with Crippen molar-refractivity contribution >= 4 is 28.9 Å². The number of hydrogen-bond acceptors (Lipinski definition) is 10. The molecule has 40 heavy (non-hydrogen) atoms. The summed E-state index contributed by atoms with van der Waals surface area (Å²) in [4.78, 5) is 27.2. The molecule has 13 nitrogen and oxygen atoms in total. The van der Waals surface area contributed by atoms with Gasteiger partial charge in [0, 0.05) is 42.1 Å². The van der Waals surface area contributed by atoms with E-state index in [-0.39, 0.29) is 18.6 Å². The molecule has 13 heteroatoms. The summed E-state index contributed by atoms with van der Waals surface area (Å²) in [5.41, 5.74) is 3.57. The first-order valence-corrected chi connectivity index (χ1v) is 13.6. The molecule has 0 aromatic carbocycles. The lowest BCUT2D eigenvalue weighted by molar-refractivity contribution is 0.209. The quantitative estimate of drug-likeness (QED) is 0.243. The number of rotatable bonds is 12. The molecule has 0 aliphatic carbocycles. The smallest absolute Gasteiger partial charge is 0.411 e. The van der Waals surface area contributed by atoms with Crippen molar-refractivity contribution < 1.29 is 19.7 Å². The highest BCUT2D eigenvalue weighted by molar-refractivity contribution is 5.91. The summed E-state index contributed by atoms with van der Waals surface area (Å²) in [6.45, 7) is 6.41. The van der Waals surface area contributed by atoms with Crippen LogP contribution in [-0.2, 0) is 6.54 Å². The summed E-state index contributed by atoms with van der Waals surface area (Å²) in [5, 5.41) is 38.2. The molecule has 1 aliphatic heterocycles. The molecule has 214 valence electrons. The van der Waals surface area contributed by atoms with Gasteiger partial charge in [0.15, 0.2) is 5.82 Å². The van der Waals surface area contributed by atoms with Crippen LogP contribution in [0.3, 0.4) is 0 Å². The van der Waals surface area contributed by atoms with Crippen molar-refractivity contribution in [3.05, 3.63) is 29.2 Å². The normalized spacial score (nSPS) is 15.1. The Bertz CT molecular complexity index is 1360. The van der Waals surface area contributed by atoms with Gasteiger partial charge in [0.25, 0.3) is 0 Å². The zero-order valence-corrected chi connectivity index (χ0v) is 23.2. The Morgan fingerprint density at radius 2 is 2.08 bits per heavy atom. The van der Waals surface area contributed by atoms with E-state index in [1.165, 1.54) is 0 Å². The lowest BCUT2D eigenvalue weighted by atomic mass is 9.92. The van der Waals surface area contributed by atoms with Crippen LogP contribution in [0.1, 0.15) is 61.9 Å². The number of carboxylic acid groups (broad SMARTS) is 1. The van der Waals surface area contributed by atoms with Crippen LogP contribution in [0.2, 0.25) is 0 Å². The molecule has 4 N–H and O–H groups in total. The largest absolute Gasteiger partial charge is 0.496 e. The van der Waals surface area contributed by atoms with E-state index in [1.807, 2.05) is 19.2 Å². The van der Waals surface area contributed by atoms with Crippen LogP contribution in [0, 0.1) is 18.3 Å². The van der Waals surface area contributed by atoms with Gasteiger partial charge in [-0.3, -0.25) is 19.9 Å². The zero-order valence-electron chi connectivity index (χ0n) is 23.2. The van der Waals surface area contributed by atoms with E-state index in [4.69, 9.17) is 20.1 Å². The van der Waals surface area contributed by atoms with Crippen molar-refractivity contribution in [1.29, 1.82) is 5.26 Å². The van der Waals surface area contributed by atoms with Crippen LogP contribution in [-0.4, -0.2) is 85.3 Å². The topological polar surface area (TPSA) is 174 Å². The summed E-state index contributed by atoms with van der Waals surface area (Å²) in [6, 6.07) is 4.14. The van der Waals surface area contributed by atoms with Gasteiger partial charge in [0.2, 0.25) is 5.95 Å². The Kier molecular flexibility index (Phi) is 9.68. The average molecular weight is 552 g/mol. The fourth-order valence-electron chi connectivity index (χ4n) is 5.24. The molecule has 4 rings (SSSR count). The molecule has 1 atom stereocenters.